The van der Waals surface area contributed by atoms with E-state index in [1.807, 2.05) is 18.2 Å². The summed E-state index contributed by atoms with van der Waals surface area (Å²) in [5.41, 5.74) is 1.63. The van der Waals surface area contributed by atoms with Gasteiger partial charge in [-0.3, -0.25) is 24.0 Å². The maximum atomic E-state index is 14.1. The number of cyclic esters (lactones) is 1. The van der Waals surface area contributed by atoms with E-state index in [1.54, 1.807) is 18.7 Å². The second kappa shape index (κ2) is 13.1. The van der Waals surface area contributed by atoms with Crippen molar-refractivity contribution in [3.63, 3.8) is 0 Å². The van der Waals surface area contributed by atoms with Crippen molar-refractivity contribution in [2.75, 3.05) is 13.2 Å². The van der Waals surface area contributed by atoms with Crippen LogP contribution >= 0.6 is 0 Å². The van der Waals surface area contributed by atoms with E-state index in [9.17, 15) is 32.4 Å². The average molecular weight is 686 g/mol. The number of aryl methyl sites for hydroxylation is 1. The van der Waals surface area contributed by atoms with Crippen molar-refractivity contribution in [3.05, 3.63) is 47.5 Å². The number of carbonyl (C=O) groups excluding carboxylic acids is 5. The first kappa shape index (κ1) is 33.7. The van der Waals surface area contributed by atoms with Crippen molar-refractivity contribution in [1.29, 1.82) is 0 Å². The molecule has 3 N–H and O–H groups in total. The van der Waals surface area contributed by atoms with Crippen LogP contribution in [-0.4, -0.2) is 90.3 Å². The smallest absolute Gasteiger partial charge is 0.410 e. The number of carbonyl (C=O) groups is 5. The Hall–Kier alpha value is -4.14. The summed E-state index contributed by atoms with van der Waals surface area (Å²) in [5, 5.41) is 4.73. The van der Waals surface area contributed by atoms with Crippen LogP contribution in [-0.2, 0) is 53.4 Å². The molecule has 5 amide bonds. The number of nitrogens with zero attached hydrogens (tertiary/aromatic N) is 2. The monoisotopic (exact) mass is 685 g/mol. The SMILES string of the molecule is C=C[C@H]1C[C@]1(NC(=O)[C@@H]1C[C@@H]2CN1C(=O)[C@H](C(C)C)NC(=O)OCCCCc1cccc3c1CN(C3)C(=O)O2)C(=O)NS(=O)(=O)C1CC1. The van der Waals surface area contributed by atoms with Crippen molar-refractivity contribution in [2.24, 2.45) is 11.8 Å². The van der Waals surface area contributed by atoms with E-state index in [4.69, 9.17) is 9.47 Å². The van der Waals surface area contributed by atoms with Gasteiger partial charge in [0.25, 0.3) is 5.91 Å². The number of alkyl carbamates (subject to hydrolysis) is 1. The molecule has 0 radical (unpaired) electrons. The highest BCUT2D eigenvalue weighted by Gasteiger charge is 2.62. The third kappa shape index (κ3) is 6.74. The maximum absolute atomic E-state index is 14.1. The number of hydrogen-bond acceptors (Lipinski definition) is 9. The van der Waals surface area contributed by atoms with Crippen LogP contribution in [0.2, 0.25) is 0 Å². The molecule has 1 aromatic rings. The fourth-order valence-electron chi connectivity index (χ4n) is 6.91. The van der Waals surface area contributed by atoms with Crippen molar-refractivity contribution >= 4 is 39.9 Å². The average Bonchev–Trinajstić information content (AvgIpc) is 3.93. The molecule has 2 aliphatic carbocycles. The van der Waals surface area contributed by atoms with E-state index in [-0.39, 0.29) is 26.0 Å². The summed E-state index contributed by atoms with van der Waals surface area (Å²) in [7, 11) is -3.89. The second-order valence-electron chi connectivity index (χ2n) is 13.8. The first-order chi connectivity index (χ1) is 22.8. The number of rotatable bonds is 7. The van der Waals surface area contributed by atoms with E-state index in [0.717, 1.165) is 29.5 Å². The highest BCUT2D eigenvalue weighted by molar-refractivity contribution is 7.91. The maximum Gasteiger partial charge on any atom is 0.410 e. The quantitative estimate of drug-likeness (QED) is 0.361. The molecule has 260 valence electrons. The zero-order chi connectivity index (χ0) is 34.4. The van der Waals surface area contributed by atoms with Crippen LogP contribution < -0.4 is 15.4 Å². The van der Waals surface area contributed by atoms with E-state index in [0.29, 0.717) is 32.4 Å². The minimum absolute atomic E-state index is 0.0680. The lowest BCUT2D eigenvalue weighted by molar-refractivity contribution is -0.141. The van der Waals surface area contributed by atoms with E-state index >= 15 is 0 Å². The molecule has 0 unspecified atom stereocenters. The predicted octanol–water partition coefficient (Wildman–Crippen LogP) is 1.86. The lowest BCUT2D eigenvalue weighted by Gasteiger charge is -2.31. The molecule has 3 aliphatic heterocycles. The zero-order valence-corrected chi connectivity index (χ0v) is 28.1. The van der Waals surface area contributed by atoms with Crippen molar-refractivity contribution in [3.8, 4) is 0 Å². The Kier molecular flexibility index (Phi) is 9.18. The second-order valence-corrected chi connectivity index (χ2v) is 15.8. The lowest BCUT2D eigenvalue weighted by Crippen LogP contribution is -2.59. The third-order valence-corrected chi connectivity index (χ3v) is 11.8. The summed E-state index contributed by atoms with van der Waals surface area (Å²) in [6, 6.07) is 3.71. The summed E-state index contributed by atoms with van der Waals surface area (Å²) in [4.78, 5) is 70.5. The van der Waals surface area contributed by atoms with Crippen LogP contribution in [0.5, 0.6) is 0 Å². The van der Waals surface area contributed by atoms with Gasteiger partial charge in [0.2, 0.25) is 21.8 Å². The summed E-state index contributed by atoms with van der Waals surface area (Å²) < 4.78 is 38.6. The summed E-state index contributed by atoms with van der Waals surface area (Å²) in [5.74, 6) is -3.07. The molecule has 5 aliphatic rings. The largest absolute Gasteiger partial charge is 0.450 e. The normalized spacial score (nSPS) is 29.3. The number of ether oxygens (including phenoxy) is 2. The Morgan fingerprint density at radius 3 is 2.56 bits per heavy atom. The lowest BCUT2D eigenvalue weighted by atomic mass is 9.99. The number of nitrogens with one attached hydrogen (secondary N) is 3. The topological polar surface area (TPSA) is 181 Å². The molecule has 1 aromatic carbocycles. The van der Waals surface area contributed by atoms with Crippen molar-refractivity contribution < 1.29 is 41.9 Å². The van der Waals surface area contributed by atoms with Gasteiger partial charge in [0.1, 0.15) is 23.7 Å². The standard InChI is InChI=1S/C33H43N5O9S/c1-4-22-15-33(22,30(41)36-48(44,45)24-11-12-24)35-28(39)26-14-23-17-38(26)29(40)27(19(2)3)34-31(42)46-13-6-5-8-20-9-7-10-21-16-37(18-25(20)21)32(43)47-23/h4,7,9-10,19,22-24,26-27H,1,5-6,8,11-18H2,2-3H3,(H,34,42)(H,35,39)(H,36,41)/t22-,23+,26-,27-,33+/m0/s1. The van der Waals surface area contributed by atoms with E-state index < -0.39 is 80.7 Å². The predicted molar refractivity (Wildman–Crippen MR) is 171 cm³/mol. The highest BCUT2D eigenvalue weighted by atomic mass is 32.2. The van der Waals surface area contributed by atoms with Gasteiger partial charge in [-0.25, -0.2) is 18.0 Å². The van der Waals surface area contributed by atoms with Gasteiger partial charge < -0.3 is 25.0 Å². The number of amides is 5. The molecule has 48 heavy (non-hydrogen) atoms. The van der Waals surface area contributed by atoms with Gasteiger partial charge in [0.15, 0.2) is 0 Å². The van der Waals surface area contributed by atoms with Gasteiger partial charge >= 0.3 is 12.2 Å². The number of sulfonamides is 1. The Balaban J connectivity index is 1.25. The van der Waals surface area contributed by atoms with Crippen LogP contribution in [0.3, 0.4) is 0 Å². The van der Waals surface area contributed by atoms with Gasteiger partial charge in [-0.2, -0.15) is 0 Å². The van der Waals surface area contributed by atoms with Gasteiger partial charge in [0.05, 0.1) is 18.4 Å². The number of hydrogen-bond donors (Lipinski definition) is 3. The van der Waals surface area contributed by atoms with Crippen LogP contribution in [0.1, 0.15) is 69.1 Å². The first-order valence-electron chi connectivity index (χ1n) is 16.6. The van der Waals surface area contributed by atoms with Crippen LogP contribution in [0.4, 0.5) is 9.59 Å². The fraction of sp³-hybridized carbons (Fsp3) is 0.606. The van der Waals surface area contributed by atoms with Gasteiger partial charge in [-0.15, -0.1) is 6.58 Å². The van der Waals surface area contributed by atoms with Gasteiger partial charge in [-0.1, -0.05) is 38.1 Å². The van der Waals surface area contributed by atoms with Crippen molar-refractivity contribution in [2.45, 2.75) is 101 Å². The van der Waals surface area contributed by atoms with Crippen LogP contribution in [0.25, 0.3) is 0 Å². The Bertz CT molecular complexity index is 1630. The minimum atomic E-state index is -3.89. The first-order valence-corrected chi connectivity index (χ1v) is 18.2. The molecule has 3 fully saturated rings. The Morgan fingerprint density at radius 2 is 1.88 bits per heavy atom. The molecule has 0 spiro atoms. The van der Waals surface area contributed by atoms with Gasteiger partial charge in [-0.05, 0) is 61.1 Å². The van der Waals surface area contributed by atoms with Crippen molar-refractivity contribution in [1.82, 2.24) is 25.2 Å². The molecule has 1 saturated heterocycles. The molecule has 6 rings (SSSR count). The van der Waals surface area contributed by atoms with Crippen LogP contribution in [0.15, 0.2) is 30.9 Å². The van der Waals surface area contributed by atoms with Crippen LogP contribution in [0, 0.1) is 11.8 Å². The molecule has 15 heteroatoms. The molecule has 4 bridgehead atoms. The number of fused-ring (bicyclic) bond motifs is 3. The molecule has 3 heterocycles. The number of benzene rings is 1. The van der Waals surface area contributed by atoms with E-state index in [2.05, 4.69) is 21.9 Å². The molecule has 2 saturated carbocycles. The van der Waals surface area contributed by atoms with Gasteiger partial charge in [0, 0.05) is 25.4 Å². The highest BCUT2D eigenvalue weighted by Crippen LogP contribution is 2.45. The molecule has 14 nitrogen and oxygen atoms in total. The molecule has 0 aromatic heterocycles. The minimum Gasteiger partial charge on any atom is -0.450 e. The van der Waals surface area contributed by atoms with E-state index in [1.165, 1.54) is 11.0 Å². The summed E-state index contributed by atoms with van der Waals surface area (Å²) in [6.07, 6.45) is 2.35. The third-order valence-electron chi connectivity index (χ3n) is 9.98. The molecular weight excluding hydrogens is 642 g/mol. The Morgan fingerprint density at radius 1 is 1.12 bits per heavy atom. The Labute approximate surface area is 280 Å². The summed E-state index contributed by atoms with van der Waals surface area (Å²) in [6.45, 7) is 7.97. The molecular formula is C33H43N5O9S. The molecule has 5 atom stereocenters. The summed E-state index contributed by atoms with van der Waals surface area (Å²) >= 11 is 0. The fourth-order valence-corrected chi connectivity index (χ4v) is 8.27. The zero-order valence-electron chi connectivity index (χ0n) is 27.2.